The number of benzene rings is 3. The maximum Gasteiger partial charge on any atom is 0.255 e. The van der Waals surface area contributed by atoms with Crippen LogP contribution in [0.5, 0.6) is 5.75 Å². The number of hydrogen-bond donors (Lipinski definition) is 2. The lowest BCUT2D eigenvalue weighted by Crippen LogP contribution is -2.25. The molecule has 164 valence electrons. The van der Waals surface area contributed by atoms with E-state index in [4.69, 9.17) is 9.84 Å². The first-order valence-electron chi connectivity index (χ1n) is 10.9. The van der Waals surface area contributed by atoms with E-state index in [-0.39, 0.29) is 5.91 Å². The number of para-hydroxylation sites is 2. The number of amides is 1. The Morgan fingerprint density at radius 2 is 1.76 bits per heavy atom. The molecule has 0 aliphatic rings. The minimum absolute atomic E-state index is 0.150. The van der Waals surface area contributed by atoms with Crippen LogP contribution in [0.1, 0.15) is 15.9 Å². The Hall–Kier alpha value is -4.32. The smallest absolute Gasteiger partial charge is 0.255 e. The van der Waals surface area contributed by atoms with Crippen LogP contribution in [0.3, 0.4) is 0 Å². The quantitative estimate of drug-likeness (QED) is 0.377. The first-order valence-corrected chi connectivity index (χ1v) is 10.9. The Kier molecular flexibility index (Phi) is 5.64. The molecule has 33 heavy (non-hydrogen) atoms. The lowest BCUT2D eigenvalue weighted by molar-refractivity contribution is 0.0955. The molecule has 6 heteroatoms. The van der Waals surface area contributed by atoms with Crippen molar-refractivity contribution in [3.05, 3.63) is 102 Å². The number of fused-ring (bicyclic) bond motifs is 1. The van der Waals surface area contributed by atoms with E-state index in [9.17, 15) is 4.79 Å². The van der Waals surface area contributed by atoms with Crippen molar-refractivity contribution >= 4 is 16.8 Å². The van der Waals surface area contributed by atoms with Gasteiger partial charge in [-0.05, 0) is 54.4 Å². The zero-order chi connectivity index (χ0) is 22.6. The molecule has 0 unspecified atom stereocenters. The Morgan fingerprint density at radius 1 is 1.00 bits per heavy atom. The maximum absolute atomic E-state index is 13.2. The molecule has 2 heterocycles. The largest absolute Gasteiger partial charge is 0.497 e. The van der Waals surface area contributed by atoms with Crippen molar-refractivity contribution in [1.29, 1.82) is 0 Å². The van der Waals surface area contributed by atoms with Crippen LogP contribution in [0, 0.1) is 0 Å². The van der Waals surface area contributed by atoms with Crippen LogP contribution in [-0.4, -0.2) is 34.3 Å². The lowest BCUT2D eigenvalue weighted by Gasteiger charge is -2.06. The molecule has 1 amide bonds. The number of aromatic amines is 1. The fourth-order valence-corrected chi connectivity index (χ4v) is 3.96. The van der Waals surface area contributed by atoms with Crippen molar-refractivity contribution < 1.29 is 9.53 Å². The van der Waals surface area contributed by atoms with Crippen molar-refractivity contribution in [3.63, 3.8) is 0 Å². The molecule has 5 rings (SSSR count). The molecule has 0 aliphatic carbocycles. The third-order valence-electron chi connectivity index (χ3n) is 5.70. The van der Waals surface area contributed by atoms with Crippen LogP contribution in [0.2, 0.25) is 0 Å². The number of H-pyrrole nitrogens is 1. The van der Waals surface area contributed by atoms with Gasteiger partial charge in [-0.3, -0.25) is 4.79 Å². The molecule has 0 aliphatic heterocycles. The minimum Gasteiger partial charge on any atom is -0.497 e. The maximum atomic E-state index is 13.2. The molecule has 0 spiro atoms. The number of methoxy groups -OCH3 is 1. The summed E-state index contributed by atoms with van der Waals surface area (Å²) in [5.41, 5.74) is 5.19. The molecule has 5 aromatic rings. The number of hydrogen-bond acceptors (Lipinski definition) is 3. The van der Waals surface area contributed by atoms with Crippen molar-refractivity contribution in [1.82, 2.24) is 20.1 Å². The summed E-state index contributed by atoms with van der Waals surface area (Å²) in [6.07, 6.45) is 4.53. The van der Waals surface area contributed by atoms with Gasteiger partial charge < -0.3 is 15.0 Å². The number of nitrogens with zero attached hydrogens (tertiary/aromatic N) is 2. The number of rotatable bonds is 7. The van der Waals surface area contributed by atoms with Crippen LogP contribution in [0.4, 0.5) is 0 Å². The summed E-state index contributed by atoms with van der Waals surface area (Å²) in [4.78, 5) is 16.5. The van der Waals surface area contributed by atoms with E-state index in [0.717, 1.165) is 28.9 Å². The average molecular weight is 437 g/mol. The van der Waals surface area contributed by atoms with Crippen molar-refractivity contribution in [2.75, 3.05) is 13.7 Å². The molecule has 0 saturated heterocycles. The number of aromatic nitrogens is 3. The van der Waals surface area contributed by atoms with E-state index >= 15 is 0 Å². The summed E-state index contributed by atoms with van der Waals surface area (Å²) in [5.74, 6) is 0.605. The summed E-state index contributed by atoms with van der Waals surface area (Å²) in [6.45, 7) is 0.527. The van der Waals surface area contributed by atoms with Gasteiger partial charge in [0.05, 0.1) is 18.4 Å². The van der Waals surface area contributed by atoms with Crippen LogP contribution in [0.15, 0.2) is 91.3 Å². The third-order valence-corrected chi connectivity index (χ3v) is 5.70. The van der Waals surface area contributed by atoms with Gasteiger partial charge in [0, 0.05) is 35.4 Å². The zero-order valence-electron chi connectivity index (χ0n) is 18.3. The van der Waals surface area contributed by atoms with E-state index in [2.05, 4.69) is 22.4 Å². The topological polar surface area (TPSA) is 71.9 Å². The Bertz CT molecular complexity index is 1380. The van der Waals surface area contributed by atoms with E-state index in [0.29, 0.717) is 17.8 Å². The second kappa shape index (κ2) is 9.04. The number of ether oxygens (including phenoxy) is 1. The van der Waals surface area contributed by atoms with Crippen molar-refractivity contribution in [2.45, 2.75) is 6.42 Å². The summed E-state index contributed by atoms with van der Waals surface area (Å²) in [6, 6.07) is 25.5. The fourth-order valence-electron chi connectivity index (χ4n) is 3.96. The zero-order valence-corrected chi connectivity index (χ0v) is 18.3. The van der Waals surface area contributed by atoms with Gasteiger partial charge in [-0.1, -0.05) is 36.4 Å². The average Bonchev–Trinajstić information content (AvgIpc) is 3.50. The summed E-state index contributed by atoms with van der Waals surface area (Å²) < 4.78 is 7.01. The number of carbonyl (C=O) groups excluding carboxylic acids is 1. The molecule has 6 nitrogen and oxygen atoms in total. The molecule has 0 radical (unpaired) electrons. The minimum atomic E-state index is -0.150. The molecule has 2 N–H and O–H groups in total. The highest BCUT2D eigenvalue weighted by Crippen LogP contribution is 2.26. The molecule has 0 atom stereocenters. The van der Waals surface area contributed by atoms with E-state index in [1.54, 1.807) is 18.0 Å². The Morgan fingerprint density at radius 3 is 2.55 bits per heavy atom. The molecule has 2 aromatic heterocycles. The predicted molar refractivity (Wildman–Crippen MR) is 130 cm³/mol. The van der Waals surface area contributed by atoms with Gasteiger partial charge in [-0.2, -0.15) is 5.10 Å². The Balaban J connectivity index is 1.40. The SMILES string of the molecule is COc1ccc(-c2nn(-c3ccccc3)cc2C(=O)NCCc2c[nH]c3ccccc23)cc1. The van der Waals surface area contributed by atoms with Crippen molar-refractivity contribution in [2.24, 2.45) is 0 Å². The van der Waals surface area contributed by atoms with Gasteiger partial charge in [0.2, 0.25) is 0 Å². The van der Waals surface area contributed by atoms with E-state index in [1.807, 2.05) is 72.9 Å². The second-order valence-electron chi connectivity index (χ2n) is 7.77. The van der Waals surface area contributed by atoms with E-state index < -0.39 is 0 Å². The summed E-state index contributed by atoms with van der Waals surface area (Å²) >= 11 is 0. The van der Waals surface area contributed by atoms with Gasteiger partial charge in [0.1, 0.15) is 11.4 Å². The van der Waals surface area contributed by atoms with E-state index in [1.165, 1.54) is 10.9 Å². The highest BCUT2D eigenvalue weighted by molar-refractivity contribution is 6.00. The monoisotopic (exact) mass is 436 g/mol. The van der Waals surface area contributed by atoms with Crippen LogP contribution < -0.4 is 10.1 Å². The summed E-state index contributed by atoms with van der Waals surface area (Å²) in [5, 5.41) is 8.99. The van der Waals surface area contributed by atoms with Gasteiger partial charge in [0.25, 0.3) is 5.91 Å². The first-order chi connectivity index (χ1) is 16.2. The van der Waals surface area contributed by atoms with Gasteiger partial charge in [-0.15, -0.1) is 0 Å². The summed E-state index contributed by atoms with van der Waals surface area (Å²) in [7, 11) is 1.63. The first kappa shape index (κ1) is 20.6. The molecular weight excluding hydrogens is 412 g/mol. The van der Waals surface area contributed by atoms with Gasteiger partial charge in [0.15, 0.2) is 0 Å². The third kappa shape index (κ3) is 4.23. The molecule has 3 aromatic carbocycles. The fraction of sp³-hybridized carbons (Fsp3) is 0.111. The molecular formula is C27H24N4O2. The second-order valence-corrected chi connectivity index (χ2v) is 7.77. The van der Waals surface area contributed by atoms with Crippen LogP contribution in [0.25, 0.3) is 27.8 Å². The van der Waals surface area contributed by atoms with Crippen LogP contribution in [-0.2, 0) is 6.42 Å². The lowest BCUT2D eigenvalue weighted by atomic mass is 10.1. The van der Waals surface area contributed by atoms with Gasteiger partial charge >= 0.3 is 0 Å². The highest BCUT2D eigenvalue weighted by atomic mass is 16.5. The highest BCUT2D eigenvalue weighted by Gasteiger charge is 2.19. The molecule has 0 fully saturated rings. The van der Waals surface area contributed by atoms with Gasteiger partial charge in [-0.25, -0.2) is 4.68 Å². The number of nitrogens with one attached hydrogen (secondary N) is 2. The molecule has 0 saturated carbocycles. The standard InChI is InChI=1S/C27H24N4O2/c1-33-22-13-11-19(12-14-22)26-24(18-31(30-26)21-7-3-2-4-8-21)27(32)28-16-15-20-17-29-25-10-6-5-9-23(20)25/h2-14,17-18,29H,15-16H2,1H3,(H,28,32). The normalized spacial score (nSPS) is 10.9. The molecule has 0 bridgehead atoms. The Labute approximate surface area is 191 Å². The van der Waals surface area contributed by atoms with Crippen LogP contribution >= 0.6 is 0 Å². The number of carbonyl (C=O) groups is 1. The predicted octanol–water partition coefficient (Wildman–Crippen LogP) is 5.00. The van der Waals surface area contributed by atoms with Crippen molar-refractivity contribution in [3.8, 4) is 22.7 Å².